The molecule has 0 atom stereocenters. The molecule has 0 fully saturated rings. The van der Waals surface area contributed by atoms with Crippen molar-refractivity contribution in [3.8, 4) is 9.88 Å². The largest absolute Gasteiger partial charge is 0.321 e. The second kappa shape index (κ2) is 7.82. The molecule has 1 aromatic carbocycles. The Morgan fingerprint density at radius 1 is 1.14 bits per heavy atom. The topological polar surface area (TPSA) is 101 Å². The van der Waals surface area contributed by atoms with E-state index in [-0.39, 0.29) is 10.8 Å². The summed E-state index contributed by atoms with van der Waals surface area (Å²) in [6.45, 7) is 0.634. The number of aromatic nitrogens is 1. The number of thiazole rings is 1. The number of thiophene rings is 1. The minimum absolute atomic E-state index is 0.0671. The summed E-state index contributed by atoms with van der Waals surface area (Å²) >= 11 is 2.95. The number of anilines is 1. The van der Waals surface area contributed by atoms with Gasteiger partial charge in [0, 0.05) is 24.0 Å². The maximum atomic E-state index is 12.5. The van der Waals surface area contributed by atoms with Crippen molar-refractivity contribution in [3.05, 3.63) is 52.9 Å². The number of nitrogens with zero attached hydrogens (tertiary/aromatic N) is 2. The van der Waals surface area contributed by atoms with Gasteiger partial charge < -0.3 is 5.32 Å². The Bertz CT molecular complexity index is 1130. The predicted molar refractivity (Wildman–Crippen MR) is 112 cm³/mol. The van der Waals surface area contributed by atoms with Crippen LogP contribution in [0.1, 0.15) is 23.3 Å². The number of hydrogen-bond acceptors (Lipinski definition) is 7. The molecule has 144 valence electrons. The highest BCUT2D eigenvalue weighted by Crippen LogP contribution is 2.28. The lowest BCUT2D eigenvalue weighted by atomic mass is 10.3. The molecule has 4 rings (SSSR count). The number of benzene rings is 1. The van der Waals surface area contributed by atoms with Gasteiger partial charge in [-0.2, -0.15) is 0 Å². The average molecular weight is 433 g/mol. The molecule has 2 N–H and O–H groups in total. The Morgan fingerprint density at radius 2 is 2.04 bits per heavy atom. The van der Waals surface area contributed by atoms with E-state index >= 15 is 0 Å². The average Bonchev–Trinajstić information content (AvgIpc) is 3.43. The molecular weight excluding hydrogens is 416 g/mol. The monoisotopic (exact) mass is 432 g/mol. The molecule has 2 aromatic heterocycles. The third kappa shape index (κ3) is 4.13. The molecule has 3 heterocycles. The van der Waals surface area contributed by atoms with E-state index in [2.05, 4.69) is 20.0 Å². The number of aliphatic imine (C=N–C) groups is 1. The molecule has 0 bridgehead atoms. The van der Waals surface area contributed by atoms with Crippen molar-refractivity contribution >= 4 is 50.1 Å². The summed E-state index contributed by atoms with van der Waals surface area (Å²) < 4.78 is 27.5. The number of hydrogen-bond donors (Lipinski definition) is 2. The number of amides is 1. The summed E-state index contributed by atoms with van der Waals surface area (Å²) in [4.78, 5) is 22.0. The van der Waals surface area contributed by atoms with Crippen molar-refractivity contribution in [1.29, 1.82) is 0 Å². The van der Waals surface area contributed by atoms with E-state index in [0.717, 1.165) is 16.3 Å². The molecule has 0 radical (unpaired) electrons. The van der Waals surface area contributed by atoms with Crippen LogP contribution < -0.4 is 10.0 Å². The van der Waals surface area contributed by atoms with E-state index in [1.165, 1.54) is 23.5 Å². The predicted octanol–water partition coefficient (Wildman–Crippen LogP) is 3.59. The number of amidine groups is 1. The third-order valence-electron chi connectivity index (χ3n) is 4.00. The van der Waals surface area contributed by atoms with E-state index in [4.69, 9.17) is 0 Å². The van der Waals surface area contributed by atoms with E-state index in [0.29, 0.717) is 30.2 Å². The van der Waals surface area contributed by atoms with Crippen LogP contribution in [0.15, 0.2) is 57.0 Å². The summed E-state index contributed by atoms with van der Waals surface area (Å²) in [5.41, 5.74) is 0.673. The summed E-state index contributed by atoms with van der Waals surface area (Å²) in [6, 6.07) is 9.99. The van der Waals surface area contributed by atoms with Crippen molar-refractivity contribution in [2.45, 2.75) is 17.7 Å². The van der Waals surface area contributed by atoms with Crippen LogP contribution in [0, 0.1) is 0 Å². The fourth-order valence-corrected chi connectivity index (χ4v) is 5.41. The Morgan fingerprint density at radius 3 is 2.79 bits per heavy atom. The van der Waals surface area contributed by atoms with E-state index in [1.807, 2.05) is 17.5 Å². The van der Waals surface area contributed by atoms with Crippen LogP contribution in [0.4, 0.5) is 5.69 Å². The van der Waals surface area contributed by atoms with Gasteiger partial charge in [0.25, 0.3) is 15.9 Å². The Kier molecular flexibility index (Phi) is 5.25. The minimum Gasteiger partial charge on any atom is -0.321 e. The number of carbonyl (C=O) groups is 1. The van der Waals surface area contributed by atoms with Gasteiger partial charge in [0.15, 0.2) is 0 Å². The molecule has 28 heavy (non-hydrogen) atoms. The van der Waals surface area contributed by atoms with E-state index in [1.54, 1.807) is 28.8 Å². The van der Waals surface area contributed by atoms with Gasteiger partial charge in [-0.25, -0.2) is 13.4 Å². The van der Waals surface area contributed by atoms with Crippen LogP contribution in [0.5, 0.6) is 0 Å². The second-order valence-corrected chi connectivity index (χ2v) is 9.52. The summed E-state index contributed by atoms with van der Waals surface area (Å²) in [7, 11) is -3.74. The lowest BCUT2D eigenvalue weighted by Crippen LogP contribution is -2.29. The highest BCUT2D eigenvalue weighted by molar-refractivity contribution is 7.90. The Balaban J connectivity index is 1.49. The SMILES string of the molecule is O=C(Nc1cccc(S(=O)(=O)NC2=NCCC2)c1)c1csc(-c2cccs2)n1. The molecule has 1 aliphatic heterocycles. The van der Waals surface area contributed by atoms with Crippen LogP contribution in [0.25, 0.3) is 9.88 Å². The van der Waals surface area contributed by atoms with Crippen LogP contribution in [0.2, 0.25) is 0 Å². The molecule has 3 aromatic rings. The zero-order chi connectivity index (χ0) is 19.6. The lowest BCUT2D eigenvalue weighted by molar-refractivity contribution is 0.102. The van der Waals surface area contributed by atoms with Crippen molar-refractivity contribution < 1.29 is 13.2 Å². The van der Waals surface area contributed by atoms with Gasteiger partial charge in [0.1, 0.15) is 16.5 Å². The van der Waals surface area contributed by atoms with E-state index in [9.17, 15) is 13.2 Å². The number of nitrogens with one attached hydrogen (secondary N) is 2. The van der Waals surface area contributed by atoms with Gasteiger partial charge in [-0.1, -0.05) is 12.1 Å². The molecular formula is C18H16N4O3S3. The van der Waals surface area contributed by atoms with Gasteiger partial charge in [-0.05, 0) is 36.1 Å². The maximum absolute atomic E-state index is 12.5. The third-order valence-corrected chi connectivity index (χ3v) is 7.26. The highest BCUT2D eigenvalue weighted by atomic mass is 32.2. The van der Waals surface area contributed by atoms with Crippen LogP contribution in [-0.4, -0.2) is 31.7 Å². The number of sulfonamides is 1. The van der Waals surface area contributed by atoms with E-state index < -0.39 is 10.0 Å². The molecule has 7 nitrogen and oxygen atoms in total. The molecule has 0 unspecified atom stereocenters. The molecule has 1 amide bonds. The summed E-state index contributed by atoms with van der Waals surface area (Å²) in [6.07, 6.45) is 1.46. The zero-order valence-electron chi connectivity index (χ0n) is 14.6. The first-order valence-electron chi connectivity index (χ1n) is 8.48. The summed E-state index contributed by atoms with van der Waals surface area (Å²) in [5, 5.41) is 7.12. The minimum atomic E-state index is -3.74. The quantitative estimate of drug-likeness (QED) is 0.643. The van der Waals surface area contributed by atoms with Crippen LogP contribution in [0.3, 0.4) is 0 Å². The first-order valence-corrected chi connectivity index (χ1v) is 11.7. The van der Waals surface area contributed by atoms with Gasteiger partial charge >= 0.3 is 0 Å². The van der Waals surface area contributed by atoms with Gasteiger partial charge in [0.05, 0.1) is 9.77 Å². The Labute approximate surface area is 170 Å². The molecule has 10 heteroatoms. The van der Waals surface area contributed by atoms with Gasteiger partial charge in [-0.15, -0.1) is 22.7 Å². The Hall–Kier alpha value is -2.56. The highest BCUT2D eigenvalue weighted by Gasteiger charge is 2.19. The van der Waals surface area contributed by atoms with Crippen LogP contribution >= 0.6 is 22.7 Å². The van der Waals surface area contributed by atoms with Crippen LogP contribution in [-0.2, 0) is 10.0 Å². The fourth-order valence-electron chi connectivity index (χ4n) is 2.66. The summed E-state index contributed by atoms with van der Waals surface area (Å²) in [5.74, 6) is 0.0831. The molecule has 0 aliphatic carbocycles. The molecule has 0 saturated carbocycles. The fraction of sp³-hybridized carbons (Fsp3) is 0.167. The normalized spacial score (nSPS) is 13.9. The second-order valence-electron chi connectivity index (χ2n) is 6.03. The maximum Gasteiger partial charge on any atom is 0.275 e. The van der Waals surface area contributed by atoms with Gasteiger partial charge in [0.2, 0.25) is 0 Å². The van der Waals surface area contributed by atoms with Crippen molar-refractivity contribution in [1.82, 2.24) is 9.71 Å². The molecule has 0 saturated heterocycles. The molecule has 1 aliphatic rings. The molecule has 0 spiro atoms. The number of carbonyl (C=O) groups excluding carboxylic acids is 1. The first-order chi connectivity index (χ1) is 13.5. The first kappa shape index (κ1) is 18.8. The van der Waals surface area contributed by atoms with Crippen molar-refractivity contribution in [2.75, 3.05) is 11.9 Å². The van der Waals surface area contributed by atoms with Crippen molar-refractivity contribution in [2.24, 2.45) is 4.99 Å². The zero-order valence-corrected chi connectivity index (χ0v) is 17.0. The lowest BCUT2D eigenvalue weighted by Gasteiger charge is -2.09. The number of rotatable bonds is 5. The smallest absolute Gasteiger partial charge is 0.275 e. The standard InChI is InChI=1S/C18H16N4O3S3/c23-17(14-11-27-18(21-14)15-6-3-9-26-15)20-12-4-1-5-13(10-12)28(24,25)22-16-7-2-8-19-16/h1,3-6,9-11H,2,7-8H2,(H,19,22)(H,20,23). The van der Waals surface area contributed by atoms with Crippen molar-refractivity contribution in [3.63, 3.8) is 0 Å². The van der Waals surface area contributed by atoms with Gasteiger partial charge in [-0.3, -0.25) is 14.5 Å².